The third-order valence-corrected chi connectivity index (χ3v) is 5.73. The van der Waals surface area contributed by atoms with Gasteiger partial charge in [-0.05, 0) is 24.3 Å². The van der Waals surface area contributed by atoms with Crippen LogP contribution in [0.25, 0.3) is 10.2 Å². The Morgan fingerprint density at radius 3 is 2.68 bits per heavy atom. The molecule has 140 valence electrons. The smallest absolute Gasteiger partial charge is 0.270 e. The highest BCUT2D eigenvalue weighted by Gasteiger charge is 2.24. The van der Waals surface area contributed by atoms with Crippen LogP contribution >= 0.6 is 11.3 Å². The zero-order valence-corrected chi connectivity index (χ0v) is 15.6. The summed E-state index contributed by atoms with van der Waals surface area (Å²) in [5.41, 5.74) is 1.77. The standard InChI is InChI=1S/C19H15N5O3S/c20-12-13-2-1-3-14(10-13)18(25)22-6-8-23(9-7-22)19-21-16-5-4-15(24(26)27)11-17(16)28-19/h1-5,10-11H,6-9H2. The number of thiazole rings is 1. The summed E-state index contributed by atoms with van der Waals surface area (Å²) in [5.74, 6) is -0.0864. The summed E-state index contributed by atoms with van der Waals surface area (Å²) < 4.78 is 0.774. The molecular formula is C19H15N5O3S. The predicted octanol–water partition coefficient (Wildman–Crippen LogP) is 3.04. The van der Waals surface area contributed by atoms with Crippen molar-refractivity contribution in [1.29, 1.82) is 5.26 Å². The van der Waals surface area contributed by atoms with E-state index in [0.29, 0.717) is 37.3 Å². The van der Waals surface area contributed by atoms with Crippen molar-refractivity contribution in [3.63, 3.8) is 0 Å². The third-order valence-electron chi connectivity index (χ3n) is 4.65. The lowest BCUT2D eigenvalue weighted by atomic mass is 10.1. The maximum atomic E-state index is 12.7. The lowest BCUT2D eigenvalue weighted by Crippen LogP contribution is -2.48. The van der Waals surface area contributed by atoms with Gasteiger partial charge in [-0.1, -0.05) is 17.4 Å². The van der Waals surface area contributed by atoms with E-state index in [4.69, 9.17) is 5.26 Å². The molecule has 1 aromatic heterocycles. The van der Waals surface area contributed by atoms with Crippen molar-refractivity contribution >= 4 is 38.3 Å². The summed E-state index contributed by atoms with van der Waals surface area (Å²) in [7, 11) is 0. The quantitative estimate of drug-likeness (QED) is 0.500. The number of piperazine rings is 1. The molecule has 2 aromatic carbocycles. The van der Waals surface area contributed by atoms with Crippen molar-refractivity contribution in [3.05, 3.63) is 63.7 Å². The molecule has 0 N–H and O–H groups in total. The molecule has 0 atom stereocenters. The van der Waals surface area contributed by atoms with Crippen molar-refractivity contribution in [3.8, 4) is 6.07 Å². The number of aromatic nitrogens is 1. The number of nitriles is 1. The van der Waals surface area contributed by atoms with Crippen molar-refractivity contribution < 1.29 is 9.72 Å². The first-order valence-corrected chi connectivity index (χ1v) is 9.46. The summed E-state index contributed by atoms with van der Waals surface area (Å²) in [5, 5.41) is 20.7. The molecule has 1 fully saturated rings. The van der Waals surface area contributed by atoms with E-state index >= 15 is 0 Å². The number of rotatable bonds is 3. The summed E-state index contributed by atoms with van der Waals surface area (Å²) in [6.45, 7) is 2.36. The van der Waals surface area contributed by atoms with Crippen LogP contribution in [0, 0.1) is 21.4 Å². The van der Waals surface area contributed by atoms with Crippen LogP contribution in [0.4, 0.5) is 10.8 Å². The molecule has 0 radical (unpaired) electrons. The molecule has 8 nitrogen and oxygen atoms in total. The Labute approximate surface area is 164 Å². The van der Waals surface area contributed by atoms with Gasteiger partial charge in [-0.3, -0.25) is 14.9 Å². The lowest BCUT2D eigenvalue weighted by molar-refractivity contribution is -0.384. The summed E-state index contributed by atoms with van der Waals surface area (Å²) >= 11 is 1.42. The van der Waals surface area contributed by atoms with Gasteiger partial charge in [0.15, 0.2) is 5.13 Å². The minimum atomic E-state index is -0.412. The number of fused-ring (bicyclic) bond motifs is 1. The van der Waals surface area contributed by atoms with Gasteiger partial charge in [0, 0.05) is 43.9 Å². The minimum Gasteiger partial charge on any atom is -0.345 e. The van der Waals surface area contributed by atoms with Gasteiger partial charge in [-0.2, -0.15) is 5.26 Å². The number of nitro benzene ring substituents is 1. The minimum absolute atomic E-state index is 0.0534. The molecule has 4 rings (SSSR count). The maximum absolute atomic E-state index is 12.7. The zero-order chi connectivity index (χ0) is 19.7. The normalized spacial score (nSPS) is 14.1. The zero-order valence-electron chi connectivity index (χ0n) is 14.7. The molecule has 1 saturated heterocycles. The van der Waals surface area contributed by atoms with Crippen molar-refractivity contribution in [2.75, 3.05) is 31.1 Å². The number of hydrogen-bond donors (Lipinski definition) is 0. The van der Waals surface area contributed by atoms with Crippen LogP contribution in [0.2, 0.25) is 0 Å². The van der Waals surface area contributed by atoms with Crippen LogP contribution in [0.15, 0.2) is 42.5 Å². The van der Waals surface area contributed by atoms with Gasteiger partial charge in [0.25, 0.3) is 11.6 Å². The second kappa shape index (κ2) is 7.25. The molecule has 1 aliphatic heterocycles. The largest absolute Gasteiger partial charge is 0.345 e. The van der Waals surface area contributed by atoms with Gasteiger partial charge in [-0.15, -0.1) is 0 Å². The van der Waals surface area contributed by atoms with E-state index in [-0.39, 0.29) is 11.6 Å². The molecule has 0 unspecified atom stereocenters. The number of benzene rings is 2. The van der Waals surface area contributed by atoms with Gasteiger partial charge in [0.2, 0.25) is 0 Å². The van der Waals surface area contributed by atoms with Gasteiger partial charge in [-0.25, -0.2) is 4.98 Å². The molecule has 9 heteroatoms. The Morgan fingerprint density at radius 2 is 1.96 bits per heavy atom. The Balaban J connectivity index is 1.46. The molecule has 0 saturated carbocycles. The first kappa shape index (κ1) is 17.9. The number of amides is 1. The second-order valence-corrected chi connectivity index (χ2v) is 7.39. The highest BCUT2D eigenvalue weighted by atomic mass is 32.1. The average molecular weight is 393 g/mol. The van der Waals surface area contributed by atoms with Crippen LogP contribution < -0.4 is 4.90 Å². The molecule has 1 aliphatic rings. The summed E-state index contributed by atoms with van der Waals surface area (Å²) in [4.78, 5) is 31.6. The molecule has 3 aromatic rings. The van der Waals surface area contributed by atoms with Crippen molar-refractivity contribution in [1.82, 2.24) is 9.88 Å². The Morgan fingerprint density at radius 1 is 1.18 bits per heavy atom. The lowest BCUT2D eigenvalue weighted by Gasteiger charge is -2.34. The number of carbonyl (C=O) groups excluding carboxylic acids is 1. The van der Waals surface area contributed by atoms with Gasteiger partial charge < -0.3 is 9.80 Å². The highest BCUT2D eigenvalue weighted by molar-refractivity contribution is 7.22. The van der Waals surface area contributed by atoms with Gasteiger partial charge in [0.1, 0.15) is 0 Å². The number of anilines is 1. The number of nitrogens with zero attached hydrogens (tertiary/aromatic N) is 5. The van der Waals surface area contributed by atoms with Crippen molar-refractivity contribution in [2.24, 2.45) is 0 Å². The molecule has 0 spiro atoms. The fourth-order valence-electron chi connectivity index (χ4n) is 3.16. The van der Waals surface area contributed by atoms with Crippen LogP contribution in [-0.2, 0) is 0 Å². The molecule has 0 bridgehead atoms. The fourth-order valence-corrected chi connectivity index (χ4v) is 4.21. The van der Waals surface area contributed by atoms with Crippen molar-refractivity contribution in [2.45, 2.75) is 0 Å². The maximum Gasteiger partial charge on any atom is 0.270 e. The number of carbonyl (C=O) groups is 1. The van der Waals surface area contributed by atoms with Gasteiger partial charge in [0.05, 0.1) is 26.8 Å². The van der Waals surface area contributed by atoms with E-state index in [0.717, 1.165) is 15.3 Å². The van der Waals surface area contributed by atoms with Crippen LogP contribution in [0.3, 0.4) is 0 Å². The number of hydrogen-bond acceptors (Lipinski definition) is 7. The number of non-ortho nitro benzene ring substituents is 1. The first-order chi connectivity index (χ1) is 13.5. The third kappa shape index (κ3) is 3.37. The van der Waals surface area contributed by atoms with E-state index in [1.165, 1.54) is 17.4 Å². The highest BCUT2D eigenvalue weighted by Crippen LogP contribution is 2.31. The summed E-state index contributed by atoms with van der Waals surface area (Å²) in [6.07, 6.45) is 0. The fraction of sp³-hybridized carbons (Fsp3) is 0.211. The Bertz CT molecular complexity index is 1110. The number of nitro groups is 1. The monoisotopic (exact) mass is 393 g/mol. The van der Waals surface area contributed by atoms with E-state index in [2.05, 4.69) is 9.88 Å². The average Bonchev–Trinajstić information content (AvgIpc) is 3.16. The summed E-state index contributed by atoms with van der Waals surface area (Å²) in [6, 6.07) is 13.4. The Kier molecular flexibility index (Phi) is 4.63. The second-order valence-electron chi connectivity index (χ2n) is 6.38. The van der Waals surface area contributed by atoms with E-state index in [1.807, 2.05) is 6.07 Å². The van der Waals surface area contributed by atoms with Crippen LogP contribution in [-0.4, -0.2) is 46.9 Å². The molecule has 0 aliphatic carbocycles. The van der Waals surface area contributed by atoms with Crippen LogP contribution in [0.1, 0.15) is 15.9 Å². The molecular weight excluding hydrogens is 378 g/mol. The van der Waals surface area contributed by atoms with E-state index < -0.39 is 4.92 Å². The van der Waals surface area contributed by atoms with Crippen LogP contribution in [0.5, 0.6) is 0 Å². The first-order valence-electron chi connectivity index (χ1n) is 8.64. The topological polar surface area (TPSA) is 103 Å². The molecule has 2 heterocycles. The SMILES string of the molecule is N#Cc1cccc(C(=O)N2CCN(c3nc4ccc([N+](=O)[O-])cc4s3)CC2)c1. The van der Waals surface area contributed by atoms with E-state index in [1.54, 1.807) is 41.3 Å². The van der Waals surface area contributed by atoms with E-state index in [9.17, 15) is 14.9 Å². The van der Waals surface area contributed by atoms with Gasteiger partial charge >= 0.3 is 0 Å². The molecule has 28 heavy (non-hydrogen) atoms. The predicted molar refractivity (Wildman–Crippen MR) is 106 cm³/mol. The Hall–Kier alpha value is -3.51. The molecule has 1 amide bonds.